The number of benzene rings is 1. The third-order valence-electron chi connectivity index (χ3n) is 7.28. The van der Waals surface area contributed by atoms with E-state index in [4.69, 9.17) is 27.8 Å². The Morgan fingerprint density at radius 2 is 2.00 bits per heavy atom. The molecule has 1 aliphatic carbocycles. The lowest BCUT2D eigenvalue weighted by Crippen LogP contribution is -2.63. The van der Waals surface area contributed by atoms with Gasteiger partial charge in [0.1, 0.15) is 17.1 Å². The maximum atomic E-state index is 14.5. The molecule has 1 aromatic carbocycles. The van der Waals surface area contributed by atoms with Gasteiger partial charge in [-0.2, -0.15) is 0 Å². The number of carbonyl (C=O) groups excluding carboxylic acids is 1. The second-order valence-electron chi connectivity index (χ2n) is 10.2. The number of pyridine rings is 1. The molecule has 2 heterocycles. The van der Waals surface area contributed by atoms with Crippen molar-refractivity contribution in [3.05, 3.63) is 63.0 Å². The lowest BCUT2D eigenvalue weighted by molar-refractivity contribution is -0.0980. The first kappa shape index (κ1) is 24.5. The molecule has 8 heteroatoms. The van der Waals surface area contributed by atoms with Crippen molar-refractivity contribution in [2.45, 2.75) is 39.5 Å². The molecule has 6 nitrogen and oxygen atoms in total. The van der Waals surface area contributed by atoms with Gasteiger partial charge >= 0.3 is 0 Å². The van der Waals surface area contributed by atoms with Crippen molar-refractivity contribution in [1.29, 1.82) is 16.2 Å². The van der Waals surface area contributed by atoms with E-state index in [1.54, 1.807) is 6.07 Å². The second-order valence-corrected chi connectivity index (χ2v) is 10.6. The number of hydrogen-bond donors (Lipinski definition) is 3. The van der Waals surface area contributed by atoms with Crippen LogP contribution in [0, 0.1) is 39.3 Å². The van der Waals surface area contributed by atoms with E-state index in [-0.39, 0.29) is 23.1 Å². The summed E-state index contributed by atoms with van der Waals surface area (Å²) < 4.78 is 15.7. The van der Waals surface area contributed by atoms with Gasteiger partial charge in [-0.1, -0.05) is 24.6 Å². The molecular weight excluding hydrogens is 453 g/mol. The first-order valence-electron chi connectivity index (χ1n) is 11.7. The van der Waals surface area contributed by atoms with Crippen LogP contribution < -0.4 is 5.49 Å². The van der Waals surface area contributed by atoms with E-state index < -0.39 is 0 Å². The smallest absolute Gasteiger partial charge is 0.152 e. The zero-order chi connectivity index (χ0) is 24.6. The van der Waals surface area contributed by atoms with Crippen molar-refractivity contribution < 1.29 is 9.18 Å². The van der Waals surface area contributed by atoms with Crippen LogP contribution in [-0.4, -0.2) is 47.4 Å². The van der Waals surface area contributed by atoms with Crippen molar-refractivity contribution in [2.75, 3.05) is 19.6 Å². The van der Waals surface area contributed by atoms with Gasteiger partial charge in [-0.05, 0) is 73.1 Å². The van der Waals surface area contributed by atoms with Crippen LogP contribution in [0.25, 0.3) is 0 Å². The molecule has 1 aliphatic heterocycles. The Morgan fingerprint density at radius 1 is 1.29 bits per heavy atom. The third-order valence-corrected chi connectivity index (χ3v) is 7.61. The number of carbonyl (C=O) groups is 1. The topological polar surface area (TPSA) is 96.8 Å². The summed E-state index contributed by atoms with van der Waals surface area (Å²) in [5, 5.41) is 23.8. The molecule has 2 aliphatic rings. The van der Waals surface area contributed by atoms with E-state index in [1.165, 1.54) is 30.0 Å². The van der Waals surface area contributed by atoms with Gasteiger partial charge in [-0.15, -0.1) is 0 Å². The Morgan fingerprint density at radius 3 is 2.62 bits per heavy atom. The molecule has 1 aromatic heterocycles. The number of nitrogens with one attached hydrogen (secondary N) is 3. The van der Waals surface area contributed by atoms with Gasteiger partial charge in [0.25, 0.3) is 0 Å². The highest BCUT2D eigenvalue weighted by atomic mass is 35.5. The number of aldehydes is 1. The summed E-state index contributed by atoms with van der Waals surface area (Å²) in [5.41, 5.74) is 3.10. The Hall–Kier alpha value is -2.64. The molecule has 0 amide bonds. The van der Waals surface area contributed by atoms with Crippen LogP contribution in [-0.2, 0) is 12.8 Å². The highest BCUT2D eigenvalue weighted by Gasteiger charge is 2.51. The van der Waals surface area contributed by atoms with Gasteiger partial charge < -0.3 is 10.3 Å². The minimum atomic E-state index is -0.361. The zero-order valence-corrected chi connectivity index (χ0v) is 20.4. The van der Waals surface area contributed by atoms with Crippen LogP contribution >= 0.6 is 11.6 Å². The highest BCUT2D eigenvalue weighted by molar-refractivity contribution is 6.33. The molecule has 34 heavy (non-hydrogen) atoms. The maximum absolute atomic E-state index is 14.5. The monoisotopic (exact) mass is 483 g/mol. The summed E-state index contributed by atoms with van der Waals surface area (Å²) in [6.45, 7) is 6.66. The minimum Gasteiger partial charge on any atom is -0.308 e. The Balaban J connectivity index is 1.27. The summed E-state index contributed by atoms with van der Waals surface area (Å²) >= 11 is 6.11. The van der Waals surface area contributed by atoms with Crippen molar-refractivity contribution in [3.63, 3.8) is 0 Å². The summed E-state index contributed by atoms with van der Waals surface area (Å²) in [7, 11) is 0. The molecule has 4 rings (SSSR count). The van der Waals surface area contributed by atoms with Gasteiger partial charge in [0.2, 0.25) is 0 Å². The van der Waals surface area contributed by atoms with Crippen molar-refractivity contribution in [2.24, 2.45) is 17.3 Å². The average molecular weight is 484 g/mol. The fraction of sp³-hybridized carbons (Fsp3) is 0.462. The molecule has 1 atom stereocenters. The van der Waals surface area contributed by atoms with Crippen LogP contribution in [0.2, 0.25) is 5.02 Å². The van der Waals surface area contributed by atoms with Crippen LogP contribution in [0.15, 0.2) is 24.4 Å². The molecule has 1 saturated heterocycles. The molecule has 3 N–H and O–H groups in total. The fourth-order valence-electron chi connectivity index (χ4n) is 5.92. The van der Waals surface area contributed by atoms with Gasteiger partial charge in [0.05, 0.1) is 5.02 Å². The molecule has 1 spiro atoms. The van der Waals surface area contributed by atoms with Crippen molar-refractivity contribution in [3.8, 4) is 0 Å². The molecular formula is C26H31ClFN5O. The fourth-order valence-corrected chi connectivity index (χ4v) is 6.13. The maximum Gasteiger partial charge on any atom is 0.152 e. The lowest BCUT2D eigenvalue weighted by atomic mass is 9.56. The summed E-state index contributed by atoms with van der Waals surface area (Å²) in [6.07, 6.45) is 6.93. The van der Waals surface area contributed by atoms with Crippen molar-refractivity contribution >= 4 is 29.9 Å². The molecule has 0 bridgehead atoms. The Bertz CT molecular complexity index is 1190. The highest BCUT2D eigenvalue weighted by Crippen LogP contribution is 2.53. The Labute approximate surface area is 204 Å². The lowest BCUT2D eigenvalue weighted by Gasteiger charge is -2.60. The summed E-state index contributed by atoms with van der Waals surface area (Å²) in [5.74, 6) is 0.588. The first-order valence-corrected chi connectivity index (χ1v) is 12.0. The van der Waals surface area contributed by atoms with E-state index in [2.05, 4.69) is 11.8 Å². The number of aromatic nitrogens is 1. The largest absolute Gasteiger partial charge is 0.308 e. The first-order chi connectivity index (χ1) is 16.1. The predicted octanol–water partition coefficient (Wildman–Crippen LogP) is 4.55. The van der Waals surface area contributed by atoms with Gasteiger partial charge in [0.15, 0.2) is 6.29 Å². The number of rotatable bonds is 8. The molecule has 0 radical (unpaired) electrons. The third kappa shape index (κ3) is 4.77. The van der Waals surface area contributed by atoms with Crippen LogP contribution in [0.3, 0.4) is 0 Å². The molecule has 1 unspecified atom stereocenters. The molecule has 180 valence electrons. The number of halogens is 2. The van der Waals surface area contributed by atoms with Gasteiger partial charge in [-0.3, -0.25) is 20.2 Å². The number of likely N-dealkylation sites (tertiary alicyclic amines) is 1. The number of nitrogens with zero attached hydrogens (tertiary/aromatic N) is 2. The minimum absolute atomic E-state index is 0.127. The van der Waals surface area contributed by atoms with E-state index in [9.17, 15) is 9.18 Å². The zero-order valence-electron chi connectivity index (χ0n) is 19.6. The SMILES string of the molecule is CC(=N)n1cc(F)c(CC(C)CN2CC3(CC(Cc4ccc(Cl)c(C=O)c4C=N)C3)C2)cc1=N. The van der Waals surface area contributed by atoms with Gasteiger partial charge in [-0.25, -0.2) is 4.39 Å². The van der Waals surface area contributed by atoms with E-state index in [0.717, 1.165) is 50.7 Å². The Kier molecular flexibility index (Phi) is 6.87. The van der Waals surface area contributed by atoms with Crippen LogP contribution in [0.5, 0.6) is 0 Å². The quantitative estimate of drug-likeness (QED) is 0.292. The average Bonchev–Trinajstić information content (AvgIpc) is 2.73. The number of hydrogen-bond acceptors (Lipinski definition) is 5. The van der Waals surface area contributed by atoms with Crippen LogP contribution in [0.1, 0.15) is 53.7 Å². The van der Waals surface area contributed by atoms with E-state index in [0.29, 0.717) is 39.5 Å². The summed E-state index contributed by atoms with van der Waals surface area (Å²) in [4.78, 5) is 13.8. The van der Waals surface area contributed by atoms with Crippen LogP contribution in [0.4, 0.5) is 4.39 Å². The standard InChI is InChI=1S/C26H31ClFN5O/c1-16(5-20-7-25(31)33(17(2)30)12-24(20)28)11-32-14-26(15-32)8-18(9-26)6-19-3-4-23(27)22(13-34)21(19)10-29/h3-4,7,10,12-13,16,18,29-31H,5-6,8-9,11,14-15H2,1-2H3. The normalized spacial score (nSPS) is 18.2. The molecule has 1 saturated carbocycles. The van der Waals surface area contributed by atoms with E-state index >= 15 is 0 Å². The molecule has 2 aromatic rings. The van der Waals surface area contributed by atoms with Crippen molar-refractivity contribution in [1.82, 2.24) is 9.47 Å². The summed E-state index contributed by atoms with van der Waals surface area (Å²) in [6, 6.07) is 5.22. The predicted molar refractivity (Wildman–Crippen MR) is 132 cm³/mol. The second kappa shape index (κ2) is 9.55. The molecule has 2 fully saturated rings. The van der Waals surface area contributed by atoms with Gasteiger partial charge in [0, 0.05) is 43.2 Å². The van der Waals surface area contributed by atoms with E-state index in [1.807, 2.05) is 6.07 Å².